The van der Waals surface area contributed by atoms with Crippen LogP contribution >= 0.6 is 0 Å². The molecule has 2 atom stereocenters. The van der Waals surface area contributed by atoms with Crippen LogP contribution < -0.4 is 15.1 Å². The molecule has 2 bridgehead atoms. The van der Waals surface area contributed by atoms with Crippen LogP contribution in [0.2, 0.25) is 0 Å². The Morgan fingerprint density at radius 3 is 2.69 bits per heavy atom. The molecule has 2 unspecified atom stereocenters. The Bertz CT molecular complexity index is 1080. The lowest BCUT2D eigenvalue weighted by atomic mass is 10.1. The zero-order chi connectivity index (χ0) is 20.3. The molecule has 7 nitrogen and oxygen atoms in total. The van der Waals surface area contributed by atoms with Crippen LogP contribution in [0.25, 0.3) is 10.9 Å². The second kappa shape index (κ2) is 6.59. The van der Waals surface area contributed by atoms with Crippen molar-refractivity contribution in [1.29, 1.82) is 0 Å². The summed E-state index contributed by atoms with van der Waals surface area (Å²) < 4.78 is 21.6. The van der Waals surface area contributed by atoms with Crippen molar-refractivity contribution in [1.82, 2.24) is 9.47 Å². The van der Waals surface area contributed by atoms with E-state index in [9.17, 15) is 9.59 Å². The summed E-state index contributed by atoms with van der Waals surface area (Å²) in [6, 6.07) is 3.76. The maximum absolute atomic E-state index is 15.1. The average molecular weight is 399 g/mol. The van der Waals surface area contributed by atoms with Crippen LogP contribution in [0.4, 0.5) is 14.9 Å². The van der Waals surface area contributed by atoms with Crippen LogP contribution in [0.1, 0.15) is 25.3 Å². The third-order valence-electron chi connectivity index (χ3n) is 6.23. The van der Waals surface area contributed by atoms with Gasteiger partial charge in [0.25, 0.3) is 0 Å². The number of likely N-dealkylation sites (tertiary alicyclic amines) is 1. The predicted octanol–water partition coefficient (Wildman–Crippen LogP) is 2.98. The van der Waals surface area contributed by atoms with Gasteiger partial charge in [0.15, 0.2) is 5.75 Å². The van der Waals surface area contributed by atoms with E-state index in [4.69, 9.17) is 5.11 Å². The first-order valence-corrected chi connectivity index (χ1v) is 9.87. The van der Waals surface area contributed by atoms with Crippen LogP contribution in [-0.4, -0.2) is 52.4 Å². The average Bonchev–Trinajstić information content (AvgIpc) is 3.34. The molecule has 3 aliphatic rings. The molecule has 152 valence electrons. The smallest absolute Gasteiger partial charge is 0.449 e. The fraction of sp³-hybridized carbons (Fsp3) is 0.429. The molecule has 1 saturated carbocycles. The number of pyridine rings is 1. The molecule has 2 saturated heterocycles. The monoisotopic (exact) mass is 399 g/mol. The van der Waals surface area contributed by atoms with E-state index in [1.807, 2.05) is 10.6 Å². The number of piperazine rings is 1. The number of anilines is 1. The number of halogens is 1. The first-order chi connectivity index (χ1) is 14.0. The van der Waals surface area contributed by atoms with E-state index in [2.05, 4.69) is 21.1 Å². The van der Waals surface area contributed by atoms with Gasteiger partial charge in [0, 0.05) is 37.8 Å². The van der Waals surface area contributed by atoms with Crippen molar-refractivity contribution in [2.75, 3.05) is 24.5 Å². The van der Waals surface area contributed by atoms with Crippen LogP contribution in [0, 0.1) is 5.82 Å². The molecule has 1 aromatic carbocycles. The molecule has 0 amide bonds. The molecule has 1 aromatic heterocycles. The SMILES string of the molecule is C=CCN1CC2CC1CN2c1cc2c(cc1F)c(=O)c(OC(=O)O)cn2C1CC1. The fourth-order valence-corrected chi connectivity index (χ4v) is 4.81. The Kier molecular flexibility index (Phi) is 4.13. The van der Waals surface area contributed by atoms with Crippen molar-refractivity contribution < 1.29 is 19.0 Å². The first kappa shape index (κ1) is 18.2. The minimum absolute atomic E-state index is 0.148. The number of carboxylic acid groups (broad SMARTS) is 1. The second-order valence-electron chi connectivity index (χ2n) is 8.09. The van der Waals surface area contributed by atoms with Gasteiger partial charge in [-0.1, -0.05) is 6.08 Å². The number of hydrogen-bond acceptors (Lipinski definition) is 5. The third kappa shape index (κ3) is 2.98. The summed E-state index contributed by atoms with van der Waals surface area (Å²) in [4.78, 5) is 28.1. The zero-order valence-corrected chi connectivity index (χ0v) is 15.9. The number of carbonyl (C=O) groups is 1. The summed E-state index contributed by atoms with van der Waals surface area (Å²) >= 11 is 0. The van der Waals surface area contributed by atoms with Crippen LogP contribution in [0.5, 0.6) is 5.75 Å². The summed E-state index contributed by atoms with van der Waals surface area (Å²) in [6.45, 7) is 6.25. The summed E-state index contributed by atoms with van der Waals surface area (Å²) in [7, 11) is 0. The highest BCUT2D eigenvalue weighted by atomic mass is 19.1. The molecular formula is C21H22FN3O4. The number of rotatable bonds is 5. The predicted molar refractivity (Wildman–Crippen MR) is 106 cm³/mol. The van der Waals surface area contributed by atoms with E-state index in [1.54, 1.807) is 6.07 Å². The topological polar surface area (TPSA) is 75.0 Å². The van der Waals surface area contributed by atoms with Crippen molar-refractivity contribution in [3.8, 4) is 5.75 Å². The number of hydrogen-bond donors (Lipinski definition) is 1. The molecule has 2 aliphatic heterocycles. The second-order valence-corrected chi connectivity index (χ2v) is 8.09. The van der Waals surface area contributed by atoms with Gasteiger partial charge >= 0.3 is 6.16 Å². The van der Waals surface area contributed by atoms with Gasteiger partial charge in [-0.15, -0.1) is 6.58 Å². The molecule has 8 heteroatoms. The van der Waals surface area contributed by atoms with Gasteiger partial charge in [0.2, 0.25) is 5.43 Å². The quantitative estimate of drug-likeness (QED) is 0.616. The molecule has 5 rings (SSSR count). The maximum Gasteiger partial charge on any atom is 0.511 e. The lowest BCUT2D eigenvalue weighted by molar-refractivity contribution is 0.143. The van der Waals surface area contributed by atoms with Crippen molar-refractivity contribution >= 4 is 22.7 Å². The highest BCUT2D eigenvalue weighted by Gasteiger charge is 2.43. The Balaban J connectivity index is 1.58. The van der Waals surface area contributed by atoms with Crippen molar-refractivity contribution in [2.24, 2.45) is 0 Å². The summed E-state index contributed by atoms with van der Waals surface area (Å²) in [5.41, 5.74) is 0.520. The molecule has 3 heterocycles. The molecule has 1 N–H and O–H groups in total. The molecule has 3 fully saturated rings. The van der Waals surface area contributed by atoms with E-state index in [0.717, 1.165) is 38.9 Å². The van der Waals surface area contributed by atoms with Crippen LogP contribution in [-0.2, 0) is 0 Å². The number of nitrogens with zero attached hydrogens (tertiary/aromatic N) is 3. The van der Waals surface area contributed by atoms with E-state index < -0.39 is 17.4 Å². The minimum atomic E-state index is -1.56. The Morgan fingerprint density at radius 2 is 2.07 bits per heavy atom. The Labute approximate surface area is 166 Å². The first-order valence-electron chi connectivity index (χ1n) is 9.87. The lowest BCUT2D eigenvalue weighted by Crippen LogP contribution is -2.46. The maximum atomic E-state index is 15.1. The fourth-order valence-electron chi connectivity index (χ4n) is 4.81. The highest BCUT2D eigenvalue weighted by molar-refractivity contribution is 5.85. The lowest BCUT2D eigenvalue weighted by Gasteiger charge is -2.35. The normalized spacial score (nSPS) is 23.7. The minimum Gasteiger partial charge on any atom is -0.449 e. The molecule has 29 heavy (non-hydrogen) atoms. The molecular weight excluding hydrogens is 377 g/mol. The van der Waals surface area contributed by atoms with Crippen molar-refractivity contribution in [3.63, 3.8) is 0 Å². The Morgan fingerprint density at radius 1 is 1.28 bits per heavy atom. The largest absolute Gasteiger partial charge is 0.511 e. The number of ether oxygens (including phenoxy) is 1. The van der Waals surface area contributed by atoms with E-state index >= 15 is 4.39 Å². The summed E-state index contributed by atoms with van der Waals surface area (Å²) in [5.74, 6) is -0.753. The third-order valence-corrected chi connectivity index (χ3v) is 6.23. The van der Waals surface area contributed by atoms with Crippen molar-refractivity contribution in [2.45, 2.75) is 37.4 Å². The van der Waals surface area contributed by atoms with Crippen LogP contribution in [0.15, 0.2) is 35.8 Å². The van der Waals surface area contributed by atoms with Gasteiger partial charge in [0.05, 0.1) is 22.8 Å². The standard InChI is InChI=1S/C21H22FN3O4/c1-2-5-23-9-14-6-13(23)10-24(14)18-8-17-15(7-16(18)22)20(26)19(29-21(27)28)11-25(17)12-3-4-12/h2,7-8,11-14H,1,3-6,9-10H2,(H,27,28). The van der Waals surface area contributed by atoms with Gasteiger partial charge in [-0.25, -0.2) is 9.18 Å². The van der Waals surface area contributed by atoms with E-state index in [0.29, 0.717) is 17.2 Å². The van der Waals surface area contributed by atoms with Gasteiger partial charge in [-0.3, -0.25) is 9.69 Å². The number of fused-ring (bicyclic) bond motifs is 3. The molecule has 2 aromatic rings. The molecule has 1 aliphatic carbocycles. The summed E-state index contributed by atoms with van der Waals surface area (Å²) in [6.07, 6.45) is 4.64. The van der Waals surface area contributed by atoms with Gasteiger partial charge in [0.1, 0.15) is 5.82 Å². The van der Waals surface area contributed by atoms with Crippen LogP contribution in [0.3, 0.4) is 0 Å². The van der Waals surface area contributed by atoms with Gasteiger partial charge in [-0.05, 0) is 31.4 Å². The zero-order valence-electron chi connectivity index (χ0n) is 15.9. The van der Waals surface area contributed by atoms with Gasteiger partial charge < -0.3 is 19.3 Å². The molecule has 0 spiro atoms. The van der Waals surface area contributed by atoms with Crippen molar-refractivity contribution in [3.05, 3.63) is 47.0 Å². The summed E-state index contributed by atoms with van der Waals surface area (Å²) in [5, 5.41) is 9.06. The molecule has 0 radical (unpaired) electrons. The number of benzene rings is 1. The highest BCUT2D eigenvalue weighted by Crippen LogP contribution is 2.41. The Hall–Kier alpha value is -2.87. The van der Waals surface area contributed by atoms with E-state index in [-0.39, 0.29) is 23.2 Å². The van der Waals surface area contributed by atoms with Gasteiger partial charge in [-0.2, -0.15) is 0 Å². The van der Waals surface area contributed by atoms with E-state index in [1.165, 1.54) is 12.3 Å². The number of aromatic nitrogens is 1.